The number of amides is 2. The van der Waals surface area contributed by atoms with E-state index in [0.717, 1.165) is 5.56 Å². The summed E-state index contributed by atoms with van der Waals surface area (Å²) in [4.78, 5) is 33.9. The first kappa shape index (κ1) is 20.1. The van der Waals surface area contributed by atoms with Gasteiger partial charge in [0.15, 0.2) is 5.76 Å². The summed E-state index contributed by atoms with van der Waals surface area (Å²) < 4.78 is 5.11. The molecule has 0 bridgehead atoms. The van der Waals surface area contributed by atoms with Crippen LogP contribution in [0.1, 0.15) is 23.4 Å². The van der Waals surface area contributed by atoms with Gasteiger partial charge in [0.05, 0.1) is 18.3 Å². The van der Waals surface area contributed by atoms with Gasteiger partial charge in [-0.2, -0.15) is 0 Å². The number of nitrogens with one attached hydrogen (secondary N) is 2. The molecule has 1 aromatic carbocycles. The van der Waals surface area contributed by atoms with Gasteiger partial charge in [0, 0.05) is 18.9 Å². The molecule has 0 fully saturated rings. The Morgan fingerprint density at radius 1 is 1.19 bits per heavy atom. The summed E-state index contributed by atoms with van der Waals surface area (Å²) in [5.41, 5.74) is 7.42. The highest BCUT2D eigenvalue weighted by Gasteiger charge is 2.15. The molecule has 144 valence electrons. The number of hydrogen-bond donors (Lipinski definition) is 4. The molecule has 0 saturated heterocycles. The van der Waals surface area contributed by atoms with Crippen molar-refractivity contribution in [3.8, 4) is 0 Å². The minimum Gasteiger partial charge on any atom is -0.480 e. The minimum atomic E-state index is -1.10. The van der Waals surface area contributed by atoms with Crippen LogP contribution in [0.5, 0.6) is 0 Å². The number of hydrogen-bond acceptors (Lipinski definition) is 6. The number of benzene rings is 1. The molecule has 1 aromatic heterocycles. The van der Waals surface area contributed by atoms with E-state index < -0.39 is 18.6 Å². The van der Waals surface area contributed by atoms with Crippen LogP contribution < -0.4 is 16.4 Å². The molecule has 1 heterocycles. The number of aliphatic carboxylic acids is 1. The fourth-order valence-electron chi connectivity index (χ4n) is 2.33. The molecule has 0 aliphatic carbocycles. The fourth-order valence-corrected chi connectivity index (χ4v) is 2.33. The Hall–Kier alpha value is -3.20. The highest BCUT2D eigenvalue weighted by molar-refractivity contribution is 5.82. The van der Waals surface area contributed by atoms with Crippen molar-refractivity contribution in [1.82, 2.24) is 15.8 Å². The molecule has 0 saturated carbocycles. The van der Waals surface area contributed by atoms with Crippen LogP contribution >= 0.6 is 0 Å². The number of carboxylic acids is 1. The monoisotopic (exact) mass is 374 g/mol. The maximum Gasteiger partial charge on any atom is 0.322 e. The summed E-state index contributed by atoms with van der Waals surface area (Å²) in [6.07, 6.45) is 0.823. The average Bonchev–Trinajstić information content (AvgIpc) is 3.11. The first-order valence-corrected chi connectivity index (χ1v) is 8.44. The molecule has 0 unspecified atom stereocenters. The van der Waals surface area contributed by atoms with Crippen molar-refractivity contribution in [2.24, 2.45) is 5.73 Å². The molecule has 0 spiro atoms. The van der Waals surface area contributed by atoms with Crippen molar-refractivity contribution in [1.29, 1.82) is 0 Å². The smallest absolute Gasteiger partial charge is 0.322 e. The van der Waals surface area contributed by atoms with E-state index in [1.165, 1.54) is 0 Å². The Balaban J connectivity index is 1.72. The lowest BCUT2D eigenvalue weighted by molar-refractivity contribution is -0.137. The molecule has 1 atom stereocenters. The Labute approximate surface area is 155 Å². The molecule has 9 nitrogen and oxygen atoms in total. The van der Waals surface area contributed by atoms with Crippen LogP contribution in [0.3, 0.4) is 0 Å². The number of nitrogens with zero attached hydrogens (tertiary/aromatic N) is 1. The molecule has 0 radical (unpaired) electrons. The fraction of sp³-hybridized carbons (Fsp3) is 0.333. The number of rotatable bonds is 10. The quantitative estimate of drug-likeness (QED) is 0.457. The Morgan fingerprint density at radius 2 is 1.93 bits per heavy atom. The van der Waals surface area contributed by atoms with Crippen LogP contribution in [0.25, 0.3) is 0 Å². The van der Waals surface area contributed by atoms with E-state index in [1.54, 1.807) is 6.07 Å². The zero-order chi connectivity index (χ0) is 19.6. The second-order valence-corrected chi connectivity index (χ2v) is 5.97. The van der Waals surface area contributed by atoms with E-state index in [9.17, 15) is 14.4 Å². The number of nitrogens with two attached hydrogens (primary N) is 1. The van der Waals surface area contributed by atoms with Crippen molar-refractivity contribution in [3.63, 3.8) is 0 Å². The second-order valence-electron chi connectivity index (χ2n) is 5.97. The lowest BCUT2D eigenvalue weighted by Gasteiger charge is -2.11. The first-order chi connectivity index (χ1) is 12.9. The van der Waals surface area contributed by atoms with Gasteiger partial charge in [0.2, 0.25) is 11.8 Å². The Bertz CT molecular complexity index is 775. The highest BCUT2D eigenvalue weighted by atomic mass is 16.5. The van der Waals surface area contributed by atoms with Crippen LogP contribution in [0.2, 0.25) is 0 Å². The zero-order valence-electron chi connectivity index (χ0n) is 14.7. The molecule has 2 amide bonds. The van der Waals surface area contributed by atoms with Crippen molar-refractivity contribution in [2.75, 3.05) is 6.54 Å². The van der Waals surface area contributed by atoms with Crippen LogP contribution in [0.15, 0.2) is 40.9 Å². The van der Waals surface area contributed by atoms with Gasteiger partial charge in [0.1, 0.15) is 6.54 Å². The molecule has 2 rings (SSSR count). The van der Waals surface area contributed by atoms with Gasteiger partial charge >= 0.3 is 5.97 Å². The van der Waals surface area contributed by atoms with Crippen LogP contribution in [-0.2, 0) is 33.8 Å². The molecule has 2 aromatic rings. The average molecular weight is 374 g/mol. The number of carboxylic acid groups (broad SMARTS) is 1. The van der Waals surface area contributed by atoms with Gasteiger partial charge < -0.3 is 26.0 Å². The number of aromatic nitrogens is 1. The summed E-state index contributed by atoms with van der Waals surface area (Å²) in [7, 11) is 0. The maximum atomic E-state index is 12.1. The summed E-state index contributed by atoms with van der Waals surface area (Å²) in [5, 5.41) is 17.3. The summed E-state index contributed by atoms with van der Waals surface area (Å²) in [6.45, 7) is -0.280. The Kier molecular flexibility index (Phi) is 7.50. The van der Waals surface area contributed by atoms with Crippen molar-refractivity contribution in [3.05, 3.63) is 53.4 Å². The molecule has 0 aliphatic rings. The predicted octanol–water partition coefficient (Wildman–Crippen LogP) is -0.00580. The second kappa shape index (κ2) is 10.1. The third kappa shape index (κ3) is 7.28. The largest absolute Gasteiger partial charge is 0.480 e. The summed E-state index contributed by atoms with van der Waals surface area (Å²) in [5.74, 6) is -1.35. The van der Waals surface area contributed by atoms with Gasteiger partial charge in [0.25, 0.3) is 0 Å². The Morgan fingerprint density at radius 3 is 2.63 bits per heavy atom. The van der Waals surface area contributed by atoms with Crippen molar-refractivity contribution in [2.45, 2.75) is 31.8 Å². The van der Waals surface area contributed by atoms with Gasteiger partial charge in [-0.3, -0.25) is 14.4 Å². The first-order valence-electron chi connectivity index (χ1n) is 8.44. The van der Waals surface area contributed by atoms with Gasteiger partial charge in [-0.15, -0.1) is 0 Å². The lowest BCUT2D eigenvalue weighted by atomic mass is 10.1. The molecular formula is C18H22N4O5. The number of carbonyl (C=O) groups is 3. The summed E-state index contributed by atoms with van der Waals surface area (Å²) >= 11 is 0. The zero-order valence-corrected chi connectivity index (χ0v) is 14.7. The normalized spacial score (nSPS) is 11.6. The van der Waals surface area contributed by atoms with E-state index in [2.05, 4.69) is 15.8 Å². The SMILES string of the molecule is N[C@@H](Cc1ccccc1)C(=O)NCc1cc(CCC(=O)NCC(=O)O)no1. The van der Waals surface area contributed by atoms with Crippen LogP contribution in [-0.4, -0.2) is 40.6 Å². The molecule has 0 aliphatic heterocycles. The maximum absolute atomic E-state index is 12.1. The molecular weight excluding hydrogens is 352 g/mol. The standard InChI is InChI=1S/C18H22N4O5/c19-15(8-12-4-2-1-3-5-12)18(26)21-10-14-9-13(22-27-14)6-7-16(23)20-11-17(24)25/h1-5,9,15H,6-8,10-11,19H2,(H,20,23)(H,21,26)(H,24,25)/t15-/m0/s1. The topological polar surface area (TPSA) is 148 Å². The van der Waals surface area contributed by atoms with Crippen LogP contribution in [0.4, 0.5) is 0 Å². The van der Waals surface area contributed by atoms with E-state index in [1.807, 2.05) is 30.3 Å². The molecule has 9 heteroatoms. The lowest BCUT2D eigenvalue weighted by Crippen LogP contribution is -2.41. The molecule has 5 N–H and O–H groups in total. The molecule has 27 heavy (non-hydrogen) atoms. The van der Waals surface area contributed by atoms with E-state index in [0.29, 0.717) is 24.3 Å². The van der Waals surface area contributed by atoms with Crippen molar-refractivity contribution >= 4 is 17.8 Å². The van der Waals surface area contributed by atoms with Gasteiger partial charge in [-0.1, -0.05) is 35.5 Å². The predicted molar refractivity (Wildman–Crippen MR) is 95.4 cm³/mol. The van der Waals surface area contributed by atoms with E-state index >= 15 is 0 Å². The van der Waals surface area contributed by atoms with E-state index in [4.69, 9.17) is 15.4 Å². The minimum absolute atomic E-state index is 0.0908. The number of carbonyl (C=O) groups excluding carboxylic acids is 2. The third-order valence-electron chi connectivity index (χ3n) is 3.72. The highest BCUT2D eigenvalue weighted by Crippen LogP contribution is 2.07. The van der Waals surface area contributed by atoms with Gasteiger partial charge in [-0.05, 0) is 12.0 Å². The van der Waals surface area contributed by atoms with Crippen LogP contribution in [0, 0.1) is 0 Å². The van der Waals surface area contributed by atoms with E-state index in [-0.39, 0.29) is 24.8 Å². The third-order valence-corrected chi connectivity index (χ3v) is 3.72. The summed E-state index contributed by atoms with van der Waals surface area (Å²) in [6, 6.07) is 10.4. The van der Waals surface area contributed by atoms with Crippen molar-refractivity contribution < 1.29 is 24.0 Å². The number of aryl methyl sites for hydroxylation is 1. The van der Waals surface area contributed by atoms with Gasteiger partial charge in [-0.25, -0.2) is 0 Å².